The third-order valence-corrected chi connectivity index (χ3v) is 6.20. The quantitative estimate of drug-likeness (QED) is 0.590. The molecule has 1 unspecified atom stereocenters. The number of halogens is 1. The molecule has 1 amide bonds. The molecule has 1 aliphatic carbocycles. The van der Waals surface area contributed by atoms with Crippen LogP contribution < -0.4 is 5.32 Å². The molecule has 2 aliphatic rings. The maximum absolute atomic E-state index is 13.2. The highest BCUT2D eigenvalue weighted by Gasteiger charge is 2.38. The van der Waals surface area contributed by atoms with Crippen LogP contribution in [0.4, 0.5) is 5.82 Å². The molecule has 0 spiro atoms. The van der Waals surface area contributed by atoms with Crippen molar-refractivity contribution < 1.29 is 9.21 Å². The summed E-state index contributed by atoms with van der Waals surface area (Å²) in [5, 5.41) is 4.30. The molecule has 1 aliphatic heterocycles. The summed E-state index contributed by atoms with van der Waals surface area (Å²) in [6.07, 6.45) is 3.05. The summed E-state index contributed by atoms with van der Waals surface area (Å²) in [5.74, 6) is 1.67. The molecule has 150 valence electrons. The van der Waals surface area contributed by atoms with Crippen LogP contribution in [0.3, 0.4) is 0 Å². The first-order valence-electron chi connectivity index (χ1n) is 9.88. The van der Waals surface area contributed by atoms with E-state index in [4.69, 9.17) is 4.42 Å². The molecule has 8 heteroatoms. The van der Waals surface area contributed by atoms with Crippen molar-refractivity contribution in [1.82, 2.24) is 19.9 Å². The molecule has 1 N–H and O–H groups in total. The fourth-order valence-corrected chi connectivity index (χ4v) is 4.17. The van der Waals surface area contributed by atoms with Gasteiger partial charge in [-0.3, -0.25) is 4.79 Å². The normalized spacial score (nSPS) is 20.2. The van der Waals surface area contributed by atoms with E-state index in [9.17, 15) is 4.79 Å². The Hall–Kier alpha value is -2.48. The van der Waals surface area contributed by atoms with Gasteiger partial charge < -0.3 is 14.6 Å². The molecule has 0 radical (unpaired) electrons. The maximum Gasteiger partial charge on any atom is 0.291 e. The van der Waals surface area contributed by atoms with Gasteiger partial charge in [-0.05, 0) is 67.2 Å². The molecule has 1 atom stereocenters. The highest BCUT2D eigenvalue weighted by molar-refractivity contribution is 9.10. The van der Waals surface area contributed by atoms with Crippen molar-refractivity contribution in [2.45, 2.75) is 44.6 Å². The van der Waals surface area contributed by atoms with Crippen LogP contribution in [0.25, 0.3) is 11.1 Å². The van der Waals surface area contributed by atoms with Gasteiger partial charge in [-0.1, -0.05) is 6.07 Å². The molecule has 0 aromatic carbocycles. The third-order valence-electron chi connectivity index (χ3n) is 5.76. The van der Waals surface area contributed by atoms with Crippen LogP contribution in [0.15, 0.2) is 33.3 Å². The fraction of sp³-hybridized carbons (Fsp3) is 0.429. The van der Waals surface area contributed by atoms with E-state index in [1.807, 2.05) is 36.1 Å². The Labute approximate surface area is 177 Å². The van der Waals surface area contributed by atoms with E-state index in [2.05, 4.69) is 43.1 Å². The first-order valence-corrected chi connectivity index (χ1v) is 10.7. The number of pyridine rings is 1. The van der Waals surface area contributed by atoms with Crippen LogP contribution in [-0.2, 0) is 0 Å². The molecule has 5 rings (SSSR count). The van der Waals surface area contributed by atoms with Gasteiger partial charge in [0.05, 0.1) is 5.39 Å². The zero-order valence-electron chi connectivity index (χ0n) is 16.4. The van der Waals surface area contributed by atoms with Crippen molar-refractivity contribution in [2.24, 2.45) is 0 Å². The van der Waals surface area contributed by atoms with Gasteiger partial charge >= 0.3 is 0 Å². The molecule has 4 heterocycles. The lowest BCUT2D eigenvalue weighted by Gasteiger charge is -2.17. The Kier molecular flexibility index (Phi) is 4.34. The minimum Gasteiger partial charge on any atom is -0.443 e. The van der Waals surface area contributed by atoms with E-state index in [1.165, 1.54) is 0 Å². The molecule has 7 nitrogen and oxygen atoms in total. The largest absolute Gasteiger partial charge is 0.443 e. The lowest BCUT2D eigenvalue weighted by atomic mass is 10.0. The number of carbonyl (C=O) groups excluding carboxylic acids is 1. The van der Waals surface area contributed by atoms with Crippen molar-refractivity contribution in [3.05, 3.63) is 46.1 Å². The number of anilines is 1. The lowest BCUT2D eigenvalue weighted by molar-refractivity contribution is 0.0778. The summed E-state index contributed by atoms with van der Waals surface area (Å²) in [4.78, 5) is 28.6. The molecule has 29 heavy (non-hydrogen) atoms. The lowest BCUT2D eigenvalue weighted by Crippen LogP contribution is -2.30. The van der Waals surface area contributed by atoms with Gasteiger partial charge in [0, 0.05) is 30.2 Å². The van der Waals surface area contributed by atoms with Crippen LogP contribution in [0.1, 0.15) is 54.2 Å². The van der Waals surface area contributed by atoms with E-state index < -0.39 is 0 Å². The molecule has 1 saturated carbocycles. The number of carbonyl (C=O) groups is 1. The summed E-state index contributed by atoms with van der Waals surface area (Å²) in [6, 6.07) is 7.81. The minimum atomic E-state index is -0.164. The predicted octanol–water partition coefficient (Wildman–Crippen LogP) is 4.28. The second kappa shape index (κ2) is 6.79. The summed E-state index contributed by atoms with van der Waals surface area (Å²) >= 11 is 3.42. The average molecular weight is 456 g/mol. The number of likely N-dealkylation sites (tertiary alicyclic amines) is 1. The van der Waals surface area contributed by atoms with Gasteiger partial charge in [-0.2, -0.15) is 4.98 Å². The number of fused-ring (bicyclic) bond motifs is 1. The standard InChI is InChI=1S/C21H22BrN5O2/c1-12-10-14-17(26-21(2)7-8-21)24-18(25-19(14)29-12)20(28)27-9-6-13(11-27)15-4-3-5-16(22)23-15/h3-5,10,13H,6-9,11H2,1-2H3,(H,24,25,26). The molecule has 1 saturated heterocycles. The molecular weight excluding hydrogens is 434 g/mol. The van der Waals surface area contributed by atoms with Gasteiger partial charge in [-0.15, -0.1) is 0 Å². The number of hydrogen-bond acceptors (Lipinski definition) is 6. The number of hydrogen-bond donors (Lipinski definition) is 1. The van der Waals surface area contributed by atoms with Crippen molar-refractivity contribution >= 4 is 38.8 Å². The topological polar surface area (TPSA) is 84.2 Å². The number of aromatic nitrogens is 3. The van der Waals surface area contributed by atoms with Gasteiger partial charge in [0.1, 0.15) is 16.2 Å². The molecule has 2 fully saturated rings. The summed E-state index contributed by atoms with van der Waals surface area (Å²) in [5.41, 5.74) is 1.49. The highest BCUT2D eigenvalue weighted by atomic mass is 79.9. The average Bonchev–Trinajstić information content (AvgIpc) is 3.09. The maximum atomic E-state index is 13.2. The number of furan rings is 1. The van der Waals surface area contributed by atoms with E-state index >= 15 is 0 Å². The third kappa shape index (κ3) is 3.61. The van der Waals surface area contributed by atoms with Crippen LogP contribution in [0.2, 0.25) is 0 Å². The second-order valence-electron chi connectivity index (χ2n) is 8.28. The summed E-state index contributed by atoms with van der Waals surface area (Å²) in [6.45, 7) is 5.31. The van der Waals surface area contributed by atoms with Crippen LogP contribution in [0, 0.1) is 6.92 Å². The van der Waals surface area contributed by atoms with Crippen LogP contribution in [0.5, 0.6) is 0 Å². The minimum absolute atomic E-state index is 0.0396. The smallest absolute Gasteiger partial charge is 0.291 e. The Morgan fingerprint density at radius 2 is 2.14 bits per heavy atom. The fourth-order valence-electron chi connectivity index (χ4n) is 3.81. The first kappa shape index (κ1) is 18.5. The van der Waals surface area contributed by atoms with E-state index in [0.717, 1.165) is 40.7 Å². The summed E-state index contributed by atoms with van der Waals surface area (Å²) < 4.78 is 6.53. The molecular formula is C21H22BrN5O2. The number of amides is 1. The van der Waals surface area contributed by atoms with Gasteiger partial charge in [0.25, 0.3) is 5.91 Å². The van der Waals surface area contributed by atoms with E-state index in [0.29, 0.717) is 24.6 Å². The zero-order chi connectivity index (χ0) is 20.2. The second-order valence-corrected chi connectivity index (χ2v) is 9.09. The van der Waals surface area contributed by atoms with Crippen molar-refractivity contribution in [3.8, 4) is 0 Å². The SMILES string of the molecule is Cc1cc2c(NC3(C)CC3)nc(C(=O)N3CCC(c4cccc(Br)n4)C3)nc2o1. The van der Waals surface area contributed by atoms with Gasteiger partial charge in [0.15, 0.2) is 0 Å². The summed E-state index contributed by atoms with van der Waals surface area (Å²) in [7, 11) is 0. The number of nitrogens with one attached hydrogen (secondary N) is 1. The monoisotopic (exact) mass is 455 g/mol. The zero-order valence-corrected chi connectivity index (χ0v) is 18.0. The van der Waals surface area contributed by atoms with E-state index in [1.54, 1.807) is 0 Å². The number of nitrogens with zero attached hydrogens (tertiary/aromatic N) is 4. The van der Waals surface area contributed by atoms with Gasteiger partial charge in [-0.25, -0.2) is 9.97 Å². The Morgan fingerprint density at radius 1 is 1.31 bits per heavy atom. The van der Waals surface area contributed by atoms with Crippen LogP contribution in [-0.4, -0.2) is 44.4 Å². The molecule has 3 aromatic rings. The highest BCUT2D eigenvalue weighted by Crippen LogP contribution is 2.39. The first-order chi connectivity index (χ1) is 13.9. The van der Waals surface area contributed by atoms with Gasteiger partial charge in [0.2, 0.25) is 11.5 Å². The Morgan fingerprint density at radius 3 is 2.90 bits per heavy atom. The molecule has 0 bridgehead atoms. The Balaban J connectivity index is 1.42. The number of aryl methyl sites for hydroxylation is 1. The Bertz CT molecular complexity index is 1110. The van der Waals surface area contributed by atoms with Crippen molar-refractivity contribution in [2.75, 3.05) is 18.4 Å². The van der Waals surface area contributed by atoms with E-state index in [-0.39, 0.29) is 23.2 Å². The van der Waals surface area contributed by atoms with Crippen LogP contribution >= 0.6 is 15.9 Å². The van der Waals surface area contributed by atoms with Crippen molar-refractivity contribution in [3.63, 3.8) is 0 Å². The number of rotatable bonds is 4. The van der Waals surface area contributed by atoms with Crippen molar-refractivity contribution in [1.29, 1.82) is 0 Å². The predicted molar refractivity (Wildman–Crippen MR) is 113 cm³/mol. The molecule has 3 aromatic heterocycles.